The van der Waals surface area contributed by atoms with Gasteiger partial charge in [0, 0.05) is 37.3 Å². The molecule has 0 aliphatic carbocycles. The Balaban J connectivity index is 1.53. The Labute approximate surface area is 210 Å². The van der Waals surface area contributed by atoms with Crippen LogP contribution in [0, 0.1) is 0 Å². The minimum absolute atomic E-state index is 0.0400. The van der Waals surface area contributed by atoms with Crippen LogP contribution in [0.2, 0.25) is 0 Å². The smallest absolute Gasteiger partial charge is 0.417 e. The molecule has 2 aromatic rings. The SMILES string of the molecule is CC(C)Oc1ccc(-c2cc3c4c(c2)[C@@H]2CN(C(=O)OC(C)(C)C)CC[C@@H]2N4CC3)c(C(F)(F)F)c1. The number of nitrogens with zero attached hydrogens (tertiary/aromatic N) is 2. The highest BCUT2D eigenvalue weighted by Crippen LogP contribution is 2.51. The van der Waals surface area contributed by atoms with Crippen LogP contribution in [-0.2, 0) is 17.3 Å². The average Bonchev–Trinajstić information content (AvgIpc) is 3.33. The van der Waals surface area contributed by atoms with E-state index >= 15 is 0 Å². The van der Waals surface area contributed by atoms with Crippen LogP contribution < -0.4 is 9.64 Å². The van der Waals surface area contributed by atoms with E-state index in [2.05, 4.69) is 4.90 Å². The molecule has 8 heteroatoms. The van der Waals surface area contributed by atoms with Crippen LogP contribution in [0.25, 0.3) is 11.1 Å². The van der Waals surface area contributed by atoms with Gasteiger partial charge in [0.25, 0.3) is 0 Å². The number of carbonyl (C=O) groups excluding carboxylic acids is 1. The number of rotatable bonds is 3. The van der Waals surface area contributed by atoms with Crippen LogP contribution in [-0.4, -0.2) is 48.4 Å². The summed E-state index contributed by atoms with van der Waals surface area (Å²) < 4.78 is 53.6. The van der Waals surface area contributed by atoms with E-state index in [1.807, 2.05) is 32.9 Å². The maximum Gasteiger partial charge on any atom is 0.417 e. The van der Waals surface area contributed by atoms with Crippen molar-refractivity contribution in [2.45, 2.75) is 77.3 Å². The van der Waals surface area contributed by atoms with E-state index in [1.165, 1.54) is 6.07 Å². The lowest BCUT2D eigenvalue weighted by molar-refractivity contribution is -0.137. The average molecular weight is 503 g/mol. The second kappa shape index (κ2) is 8.60. The number of carbonyl (C=O) groups is 1. The molecule has 0 saturated carbocycles. The van der Waals surface area contributed by atoms with Gasteiger partial charge in [-0.1, -0.05) is 6.07 Å². The van der Waals surface area contributed by atoms with E-state index in [0.29, 0.717) is 18.7 Å². The third-order valence-electron chi connectivity index (χ3n) is 7.13. The number of ether oxygens (including phenoxy) is 2. The number of halogens is 3. The fourth-order valence-corrected chi connectivity index (χ4v) is 5.85. The fraction of sp³-hybridized carbons (Fsp3) is 0.536. The van der Waals surface area contributed by atoms with Crippen molar-refractivity contribution < 1.29 is 27.4 Å². The van der Waals surface area contributed by atoms with Crippen molar-refractivity contribution in [3.63, 3.8) is 0 Å². The molecule has 1 saturated heterocycles. The normalized spacial score (nSPS) is 21.0. The molecule has 2 aromatic carbocycles. The molecule has 0 N–H and O–H groups in total. The highest BCUT2D eigenvalue weighted by Gasteiger charge is 2.46. The zero-order valence-corrected chi connectivity index (χ0v) is 21.4. The van der Waals surface area contributed by atoms with Gasteiger partial charge in [-0.25, -0.2) is 4.79 Å². The van der Waals surface area contributed by atoms with Crippen LogP contribution in [0.15, 0.2) is 30.3 Å². The quantitative estimate of drug-likeness (QED) is 0.473. The van der Waals surface area contributed by atoms with Crippen molar-refractivity contribution in [1.82, 2.24) is 4.90 Å². The topological polar surface area (TPSA) is 42.0 Å². The summed E-state index contributed by atoms with van der Waals surface area (Å²) in [5.74, 6) is 0.247. The Bertz CT molecular complexity index is 1190. The van der Waals surface area contributed by atoms with Crippen molar-refractivity contribution in [2.75, 3.05) is 24.5 Å². The van der Waals surface area contributed by atoms with Gasteiger partial charge in [0.1, 0.15) is 11.4 Å². The minimum atomic E-state index is -4.52. The van der Waals surface area contributed by atoms with Gasteiger partial charge >= 0.3 is 12.3 Å². The first-order valence-electron chi connectivity index (χ1n) is 12.6. The van der Waals surface area contributed by atoms with Gasteiger partial charge in [-0.2, -0.15) is 13.2 Å². The maximum atomic E-state index is 14.1. The second-order valence-electron chi connectivity index (χ2n) is 11.3. The Morgan fingerprint density at radius 3 is 2.50 bits per heavy atom. The molecule has 1 amide bonds. The second-order valence-corrected chi connectivity index (χ2v) is 11.3. The summed E-state index contributed by atoms with van der Waals surface area (Å²) in [6, 6.07) is 8.30. The van der Waals surface area contributed by atoms with Crippen molar-refractivity contribution in [3.05, 3.63) is 47.0 Å². The molecule has 3 aliphatic heterocycles. The Kier molecular flexibility index (Phi) is 5.92. The van der Waals surface area contributed by atoms with Crippen LogP contribution in [0.5, 0.6) is 5.75 Å². The lowest BCUT2D eigenvalue weighted by Crippen LogP contribution is -2.49. The largest absolute Gasteiger partial charge is 0.491 e. The highest BCUT2D eigenvalue weighted by molar-refractivity contribution is 5.80. The zero-order valence-electron chi connectivity index (χ0n) is 21.4. The van der Waals surface area contributed by atoms with E-state index < -0.39 is 17.3 Å². The minimum Gasteiger partial charge on any atom is -0.491 e. The number of amides is 1. The molecule has 5 rings (SSSR count). The van der Waals surface area contributed by atoms with Crippen molar-refractivity contribution in [3.8, 4) is 16.9 Å². The predicted octanol–water partition coefficient (Wildman–Crippen LogP) is 6.63. The summed E-state index contributed by atoms with van der Waals surface area (Å²) in [5, 5.41) is 0. The molecule has 3 heterocycles. The van der Waals surface area contributed by atoms with E-state index in [4.69, 9.17) is 9.47 Å². The number of fused-ring (bicyclic) bond motifs is 3. The predicted molar refractivity (Wildman–Crippen MR) is 133 cm³/mol. The summed E-state index contributed by atoms with van der Waals surface area (Å²) >= 11 is 0. The molecule has 3 aliphatic rings. The third-order valence-corrected chi connectivity index (χ3v) is 7.13. The van der Waals surface area contributed by atoms with Crippen molar-refractivity contribution in [2.24, 2.45) is 0 Å². The number of piperidine rings is 1. The lowest BCUT2D eigenvalue weighted by atomic mass is 9.85. The van der Waals surface area contributed by atoms with E-state index in [-0.39, 0.29) is 35.5 Å². The number of anilines is 1. The van der Waals surface area contributed by atoms with Gasteiger partial charge in [0.15, 0.2) is 0 Å². The molecule has 1 fully saturated rings. The van der Waals surface area contributed by atoms with E-state index in [9.17, 15) is 18.0 Å². The molecule has 0 spiro atoms. The molecule has 5 nitrogen and oxygen atoms in total. The molecular weight excluding hydrogens is 469 g/mol. The third kappa shape index (κ3) is 4.50. The molecule has 0 unspecified atom stereocenters. The van der Waals surface area contributed by atoms with Gasteiger partial charge in [-0.3, -0.25) is 0 Å². The zero-order chi connectivity index (χ0) is 26.0. The van der Waals surface area contributed by atoms with E-state index in [1.54, 1.807) is 24.8 Å². The first kappa shape index (κ1) is 24.8. The number of alkyl halides is 3. The maximum absolute atomic E-state index is 14.1. The number of likely N-dealkylation sites (tertiary alicyclic amines) is 1. The Morgan fingerprint density at radius 1 is 1.08 bits per heavy atom. The summed E-state index contributed by atoms with van der Waals surface area (Å²) in [7, 11) is 0. The highest BCUT2D eigenvalue weighted by atomic mass is 19.4. The summed E-state index contributed by atoms with van der Waals surface area (Å²) in [4.78, 5) is 16.9. The molecule has 0 bridgehead atoms. The lowest BCUT2D eigenvalue weighted by Gasteiger charge is -2.38. The first-order valence-corrected chi connectivity index (χ1v) is 12.6. The molecule has 194 valence electrons. The molecular formula is C28H33F3N2O3. The molecule has 2 atom stereocenters. The number of benzene rings is 2. The Hall–Kier alpha value is -2.90. The summed E-state index contributed by atoms with van der Waals surface area (Å²) in [6.45, 7) is 11.1. The number of hydrogen-bond acceptors (Lipinski definition) is 4. The van der Waals surface area contributed by atoms with Crippen molar-refractivity contribution in [1.29, 1.82) is 0 Å². The van der Waals surface area contributed by atoms with Gasteiger partial charge in [-0.05, 0) is 94.0 Å². The molecule has 0 aromatic heterocycles. The summed E-state index contributed by atoms with van der Waals surface area (Å²) in [5.41, 5.74) is 2.69. The van der Waals surface area contributed by atoms with Gasteiger partial charge in [0.2, 0.25) is 0 Å². The van der Waals surface area contributed by atoms with Crippen LogP contribution in [0.3, 0.4) is 0 Å². The Morgan fingerprint density at radius 2 is 1.83 bits per heavy atom. The number of hydrogen-bond donors (Lipinski definition) is 0. The van der Waals surface area contributed by atoms with Crippen LogP contribution in [0.4, 0.5) is 23.7 Å². The summed E-state index contributed by atoms with van der Waals surface area (Å²) in [6.07, 6.45) is -3.46. The van der Waals surface area contributed by atoms with Gasteiger partial charge in [-0.15, -0.1) is 0 Å². The van der Waals surface area contributed by atoms with E-state index in [0.717, 1.165) is 42.3 Å². The van der Waals surface area contributed by atoms with Crippen molar-refractivity contribution >= 4 is 11.8 Å². The molecule has 36 heavy (non-hydrogen) atoms. The first-order chi connectivity index (χ1) is 16.8. The fourth-order valence-electron chi connectivity index (χ4n) is 5.85. The molecule has 0 radical (unpaired) electrons. The van der Waals surface area contributed by atoms with Crippen LogP contribution >= 0.6 is 0 Å². The standard InChI is InChI=1S/C28H33F3N2O3/c1-16(2)35-19-6-7-20(23(14-19)28(29,30)31)18-12-17-8-11-33-24-9-10-32(26(34)36-27(3,4)5)15-22(24)21(13-18)25(17)33/h6-7,12-14,16,22,24H,8-11,15H2,1-5H3/t22-,24-/m0/s1. The van der Waals surface area contributed by atoms with Gasteiger partial charge in [0.05, 0.1) is 11.7 Å². The van der Waals surface area contributed by atoms with Gasteiger partial charge < -0.3 is 19.3 Å². The van der Waals surface area contributed by atoms with Crippen LogP contribution in [0.1, 0.15) is 63.6 Å². The monoisotopic (exact) mass is 502 g/mol.